The van der Waals surface area contributed by atoms with Crippen molar-refractivity contribution in [3.8, 4) is 28.4 Å². The molecule has 1 saturated heterocycles. The molecule has 2 N–H and O–H groups in total. The lowest BCUT2D eigenvalue weighted by atomic mass is 10.1. The molecule has 4 heteroatoms. The summed E-state index contributed by atoms with van der Waals surface area (Å²) in [7, 11) is 0. The van der Waals surface area contributed by atoms with Gasteiger partial charge >= 0.3 is 0 Å². The number of likely N-dealkylation sites (tertiary alicyclic amines) is 1. The second kappa shape index (κ2) is 9.16. The van der Waals surface area contributed by atoms with Crippen LogP contribution in [0.4, 0.5) is 5.69 Å². The van der Waals surface area contributed by atoms with Gasteiger partial charge in [0.2, 0.25) is 0 Å². The quantitative estimate of drug-likeness (QED) is 0.372. The van der Waals surface area contributed by atoms with Gasteiger partial charge in [0, 0.05) is 25.3 Å². The maximum atomic E-state index is 6.13. The summed E-state index contributed by atoms with van der Waals surface area (Å²) in [6.45, 7) is 2.78. The number of benzene rings is 4. The number of nitrogens with zero attached hydrogens (tertiary/aromatic N) is 1. The highest BCUT2D eigenvalue weighted by molar-refractivity contribution is 5.66. The minimum Gasteiger partial charge on any atom is -0.488 e. The molecule has 0 aromatic heterocycles. The van der Waals surface area contributed by atoms with Crippen LogP contribution in [0.3, 0.4) is 0 Å². The van der Waals surface area contributed by atoms with Crippen LogP contribution in [-0.4, -0.2) is 24.1 Å². The zero-order valence-corrected chi connectivity index (χ0v) is 17.9. The summed E-state index contributed by atoms with van der Waals surface area (Å²) in [5.41, 5.74) is 10.1. The molecule has 0 saturated carbocycles. The zero-order chi connectivity index (χ0) is 21.8. The second-order valence-corrected chi connectivity index (χ2v) is 8.14. The molecule has 0 radical (unpaired) electrons. The van der Waals surface area contributed by atoms with Crippen molar-refractivity contribution in [2.45, 2.75) is 12.6 Å². The molecule has 1 fully saturated rings. The number of rotatable bonds is 7. The van der Waals surface area contributed by atoms with Gasteiger partial charge in [-0.1, -0.05) is 54.6 Å². The number of anilines is 1. The van der Waals surface area contributed by atoms with E-state index in [1.807, 2.05) is 78.9 Å². The van der Waals surface area contributed by atoms with Crippen LogP contribution in [0.25, 0.3) is 11.1 Å². The van der Waals surface area contributed by atoms with Gasteiger partial charge in [-0.2, -0.15) is 0 Å². The highest BCUT2D eigenvalue weighted by atomic mass is 16.5. The molecule has 0 bridgehead atoms. The average molecular weight is 423 g/mol. The van der Waals surface area contributed by atoms with E-state index in [1.54, 1.807) is 0 Å². The van der Waals surface area contributed by atoms with Crippen LogP contribution in [0.15, 0.2) is 103 Å². The van der Waals surface area contributed by atoms with Gasteiger partial charge in [-0.05, 0) is 65.2 Å². The van der Waals surface area contributed by atoms with Gasteiger partial charge in [0.05, 0.1) is 0 Å². The summed E-state index contributed by atoms with van der Waals surface area (Å²) in [6, 6.07) is 34.3. The summed E-state index contributed by atoms with van der Waals surface area (Å²) in [4.78, 5) is 2.39. The standard InChI is InChI=1S/C28H26N2O2/c29-24-12-8-22(9-13-24)23-10-16-27(17-11-23)32-28-19-30(20-28)18-21-6-14-26(15-7-21)31-25-4-2-1-3-5-25/h1-17,28H,18-20,29H2. The predicted octanol–water partition coefficient (Wildman–Crippen LogP) is 5.99. The van der Waals surface area contributed by atoms with E-state index in [-0.39, 0.29) is 6.10 Å². The fourth-order valence-corrected chi connectivity index (χ4v) is 3.87. The Kier molecular flexibility index (Phi) is 5.77. The van der Waals surface area contributed by atoms with Crippen LogP contribution in [0.1, 0.15) is 5.56 Å². The van der Waals surface area contributed by atoms with Crippen molar-refractivity contribution in [1.82, 2.24) is 4.90 Å². The van der Waals surface area contributed by atoms with Crippen molar-refractivity contribution < 1.29 is 9.47 Å². The third-order valence-electron chi connectivity index (χ3n) is 5.63. The van der Waals surface area contributed by atoms with Crippen LogP contribution >= 0.6 is 0 Å². The van der Waals surface area contributed by atoms with Crippen molar-refractivity contribution in [2.75, 3.05) is 18.8 Å². The molecule has 160 valence electrons. The largest absolute Gasteiger partial charge is 0.488 e. The molecule has 32 heavy (non-hydrogen) atoms. The van der Waals surface area contributed by atoms with Crippen molar-refractivity contribution in [3.63, 3.8) is 0 Å². The number of hydrogen-bond donors (Lipinski definition) is 1. The number of para-hydroxylation sites is 1. The molecule has 1 heterocycles. The SMILES string of the molecule is Nc1ccc(-c2ccc(OC3CN(Cc4ccc(Oc5ccccc5)cc4)C3)cc2)cc1. The third kappa shape index (κ3) is 4.93. The van der Waals surface area contributed by atoms with E-state index in [4.69, 9.17) is 15.2 Å². The molecule has 4 nitrogen and oxygen atoms in total. The number of nitrogens with two attached hydrogens (primary N) is 1. The van der Waals surface area contributed by atoms with Crippen LogP contribution < -0.4 is 15.2 Å². The topological polar surface area (TPSA) is 47.7 Å². The van der Waals surface area contributed by atoms with Gasteiger partial charge in [-0.3, -0.25) is 4.90 Å². The fraction of sp³-hybridized carbons (Fsp3) is 0.143. The average Bonchev–Trinajstić information content (AvgIpc) is 2.80. The van der Waals surface area contributed by atoms with Gasteiger partial charge in [-0.25, -0.2) is 0 Å². The molecule has 5 rings (SSSR count). The molecular formula is C28H26N2O2. The predicted molar refractivity (Wildman–Crippen MR) is 129 cm³/mol. The lowest BCUT2D eigenvalue weighted by Gasteiger charge is -2.39. The van der Waals surface area contributed by atoms with E-state index in [9.17, 15) is 0 Å². The van der Waals surface area contributed by atoms with Crippen molar-refractivity contribution >= 4 is 5.69 Å². The van der Waals surface area contributed by atoms with Crippen molar-refractivity contribution in [3.05, 3.63) is 109 Å². The first-order chi connectivity index (χ1) is 15.7. The summed E-state index contributed by atoms with van der Waals surface area (Å²) in [5.74, 6) is 2.62. The summed E-state index contributed by atoms with van der Waals surface area (Å²) in [5, 5.41) is 0. The first-order valence-corrected chi connectivity index (χ1v) is 10.9. The van der Waals surface area contributed by atoms with E-state index >= 15 is 0 Å². The molecular weight excluding hydrogens is 396 g/mol. The van der Waals surface area contributed by atoms with Gasteiger partial charge < -0.3 is 15.2 Å². The molecule has 0 aliphatic carbocycles. The van der Waals surface area contributed by atoms with Crippen LogP contribution in [0, 0.1) is 0 Å². The number of nitrogen functional groups attached to an aromatic ring is 1. The Hall–Kier alpha value is -3.76. The second-order valence-electron chi connectivity index (χ2n) is 8.14. The highest BCUT2D eigenvalue weighted by Gasteiger charge is 2.28. The third-order valence-corrected chi connectivity index (χ3v) is 5.63. The molecule has 0 unspecified atom stereocenters. The Bertz CT molecular complexity index is 1130. The molecule has 1 aliphatic rings. The Morgan fingerprint density at radius 1 is 0.656 bits per heavy atom. The highest BCUT2D eigenvalue weighted by Crippen LogP contribution is 2.26. The number of hydrogen-bond acceptors (Lipinski definition) is 4. The fourth-order valence-electron chi connectivity index (χ4n) is 3.87. The maximum absolute atomic E-state index is 6.13. The summed E-state index contributed by atoms with van der Waals surface area (Å²) in [6.07, 6.45) is 0.234. The molecule has 0 atom stereocenters. The number of ether oxygens (including phenoxy) is 2. The van der Waals surface area contributed by atoms with Gasteiger partial charge in [0.1, 0.15) is 23.4 Å². The lowest BCUT2D eigenvalue weighted by Crippen LogP contribution is -2.53. The van der Waals surface area contributed by atoms with Gasteiger partial charge in [0.15, 0.2) is 0 Å². The van der Waals surface area contributed by atoms with Gasteiger partial charge in [0.25, 0.3) is 0 Å². The first-order valence-electron chi connectivity index (χ1n) is 10.9. The molecule has 4 aromatic rings. The molecule has 4 aromatic carbocycles. The van der Waals surface area contributed by atoms with Gasteiger partial charge in [-0.15, -0.1) is 0 Å². The van der Waals surface area contributed by atoms with E-state index in [2.05, 4.69) is 29.2 Å². The van der Waals surface area contributed by atoms with E-state index in [1.165, 1.54) is 5.56 Å². The van der Waals surface area contributed by atoms with E-state index in [0.717, 1.165) is 53.7 Å². The van der Waals surface area contributed by atoms with Crippen LogP contribution in [0.2, 0.25) is 0 Å². The van der Waals surface area contributed by atoms with E-state index in [0.29, 0.717) is 0 Å². The van der Waals surface area contributed by atoms with Crippen LogP contribution in [0.5, 0.6) is 17.2 Å². The monoisotopic (exact) mass is 422 g/mol. The maximum Gasteiger partial charge on any atom is 0.127 e. The van der Waals surface area contributed by atoms with Crippen molar-refractivity contribution in [2.24, 2.45) is 0 Å². The Labute approximate surface area is 188 Å². The Morgan fingerprint density at radius 2 is 1.22 bits per heavy atom. The summed E-state index contributed by atoms with van der Waals surface area (Å²) < 4.78 is 12.0. The zero-order valence-electron chi connectivity index (χ0n) is 17.9. The minimum absolute atomic E-state index is 0.234. The molecule has 0 spiro atoms. The molecule has 0 amide bonds. The first kappa shape index (κ1) is 20.2. The minimum atomic E-state index is 0.234. The Morgan fingerprint density at radius 3 is 1.88 bits per heavy atom. The molecule has 1 aliphatic heterocycles. The summed E-state index contributed by atoms with van der Waals surface area (Å²) >= 11 is 0. The van der Waals surface area contributed by atoms with Crippen LogP contribution in [-0.2, 0) is 6.54 Å². The van der Waals surface area contributed by atoms with E-state index < -0.39 is 0 Å². The smallest absolute Gasteiger partial charge is 0.127 e. The Balaban J connectivity index is 1.09. The van der Waals surface area contributed by atoms with Crippen molar-refractivity contribution in [1.29, 1.82) is 0 Å². The normalized spacial score (nSPS) is 14.0. The lowest BCUT2D eigenvalue weighted by molar-refractivity contribution is 0.0146.